The summed E-state index contributed by atoms with van der Waals surface area (Å²) in [6, 6.07) is 10.7. The lowest BCUT2D eigenvalue weighted by Crippen LogP contribution is -2.52. The van der Waals surface area contributed by atoms with Gasteiger partial charge >= 0.3 is 0 Å². The van der Waals surface area contributed by atoms with Gasteiger partial charge in [0.1, 0.15) is 6.04 Å². The van der Waals surface area contributed by atoms with Gasteiger partial charge in [-0.15, -0.1) is 0 Å². The number of nitrogens with two attached hydrogens (primary N) is 1. The monoisotopic (exact) mass is 508 g/mol. The molecule has 1 heterocycles. The second-order valence-electron chi connectivity index (χ2n) is 8.52. The van der Waals surface area contributed by atoms with Crippen LogP contribution in [0.25, 0.3) is 16.9 Å². The van der Waals surface area contributed by atoms with Crippen molar-refractivity contribution < 1.29 is 14.7 Å². The fourth-order valence-electron chi connectivity index (χ4n) is 3.43. The van der Waals surface area contributed by atoms with Crippen LogP contribution < -0.4 is 11.1 Å². The number of hydrogen-bond acceptors (Lipinski definition) is 4. The van der Waals surface area contributed by atoms with E-state index in [2.05, 4.69) is 10.4 Å². The van der Waals surface area contributed by atoms with Crippen LogP contribution in [-0.2, 0) is 11.4 Å². The van der Waals surface area contributed by atoms with Gasteiger partial charge in [0.05, 0.1) is 23.0 Å². The molecule has 33 heavy (non-hydrogen) atoms. The number of hydrogen-bond donors (Lipinski definition) is 3. The number of primary amides is 1. The number of aliphatic hydroxyl groups excluding tert-OH is 1. The molecule has 3 aromatic rings. The highest BCUT2D eigenvalue weighted by Gasteiger charge is 2.33. The second kappa shape index (κ2) is 9.73. The van der Waals surface area contributed by atoms with Crippen LogP contribution in [-0.4, -0.2) is 32.7 Å². The molecular weight excluding hydrogens is 487 g/mol. The van der Waals surface area contributed by atoms with Gasteiger partial charge in [-0.3, -0.25) is 9.59 Å². The van der Waals surface area contributed by atoms with Crippen LogP contribution in [0.1, 0.15) is 36.8 Å². The van der Waals surface area contributed by atoms with Crippen molar-refractivity contribution >= 4 is 46.6 Å². The van der Waals surface area contributed by atoms with E-state index in [0.29, 0.717) is 32.0 Å². The van der Waals surface area contributed by atoms with Crippen LogP contribution in [0.4, 0.5) is 0 Å². The largest absolute Gasteiger partial charge is 0.392 e. The van der Waals surface area contributed by atoms with E-state index in [9.17, 15) is 14.7 Å². The van der Waals surface area contributed by atoms with Crippen molar-refractivity contribution in [3.05, 3.63) is 68.8 Å². The number of carbonyl (C=O) groups excluding carboxylic acids is 2. The highest BCUT2D eigenvalue weighted by atomic mass is 35.5. The minimum absolute atomic E-state index is 0.0658. The number of halogens is 3. The van der Waals surface area contributed by atoms with E-state index in [0.717, 1.165) is 0 Å². The molecule has 0 radical (unpaired) electrons. The highest BCUT2D eigenvalue weighted by molar-refractivity contribution is 6.35. The number of rotatable bonds is 6. The van der Waals surface area contributed by atoms with Crippen LogP contribution in [0.3, 0.4) is 0 Å². The van der Waals surface area contributed by atoms with Gasteiger partial charge in [0.15, 0.2) is 5.69 Å². The van der Waals surface area contributed by atoms with Crippen molar-refractivity contribution in [2.24, 2.45) is 11.1 Å². The first kappa shape index (κ1) is 25.1. The summed E-state index contributed by atoms with van der Waals surface area (Å²) in [4.78, 5) is 25.2. The fourth-order valence-corrected chi connectivity index (χ4v) is 4.04. The first-order chi connectivity index (χ1) is 15.4. The Labute approximate surface area is 206 Å². The van der Waals surface area contributed by atoms with Gasteiger partial charge in [-0.2, -0.15) is 5.10 Å². The van der Waals surface area contributed by atoms with E-state index in [1.54, 1.807) is 63.2 Å². The van der Waals surface area contributed by atoms with Crippen molar-refractivity contribution in [2.75, 3.05) is 0 Å². The SMILES string of the molecule is CC(C)(C)C(NC(=O)c1nn(-c2ccc(Cl)cc2Cl)c(-c2ccc(Cl)cc2)c1CO)C(N)=O. The highest BCUT2D eigenvalue weighted by Crippen LogP contribution is 2.34. The van der Waals surface area contributed by atoms with Gasteiger partial charge < -0.3 is 16.2 Å². The molecule has 0 saturated heterocycles. The van der Waals surface area contributed by atoms with Crippen molar-refractivity contribution in [2.45, 2.75) is 33.4 Å². The third-order valence-corrected chi connectivity index (χ3v) is 5.83. The van der Waals surface area contributed by atoms with Gasteiger partial charge in [0.25, 0.3) is 5.91 Å². The number of aromatic nitrogens is 2. The number of nitrogens with one attached hydrogen (secondary N) is 1. The Morgan fingerprint density at radius 2 is 1.70 bits per heavy atom. The van der Waals surface area contributed by atoms with Gasteiger partial charge in [-0.1, -0.05) is 67.7 Å². The summed E-state index contributed by atoms with van der Waals surface area (Å²) in [7, 11) is 0. The van der Waals surface area contributed by atoms with Crippen molar-refractivity contribution in [1.29, 1.82) is 0 Å². The van der Waals surface area contributed by atoms with Crippen molar-refractivity contribution in [3.8, 4) is 16.9 Å². The summed E-state index contributed by atoms with van der Waals surface area (Å²) in [5.74, 6) is -1.34. The maximum atomic E-state index is 13.2. The molecule has 10 heteroatoms. The maximum Gasteiger partial charge on any atom is 0.272 e. The Morgan fingerprint density at radius 1 is 1.09 bits per heavy atom. The Morgan fingerprint density at radius 3 is 2.21 bits per heavy atom. The summed E-state index contributed by atoms with van der Waals surface area (Å²) in [6.45, 7) is 4.84. The second-order valence-corrected chi connectivity index (χ2v) is 9.80. The minimum atomic E-state index is -0.959. The zero-order valence-corrected chi connectivity index (χ0v) is 20.5. The van der Waals surface area contributed by atoms with E-state index in [1.165, 1.54) is 4.68 Å². The Balaban J connectivity index is 2.22. The Hall–Kier alpha value is -2.58. The van der Waals surface area contributed by atoms with Crippen LogP contribution in [0.2, 0.25) is 15.1 Å². The molecule has 1 aromatic heterocycles. The number of carbonyl (C=O) groups is 2. The molecular formula is C23H23Cl3N4O3. The lowest BCUT2D eigenvalue weighted by molar-refractivity contribution is -0.122. The van der Waals surface area contributed by atoms with Gasteiger partial charge in [-0.05, 0) is 35.7 Å². The topological polar surface area (TPSA) is 110 Å². The summed E-state index contributed by atoms with van der Waals surface area (Å²) >= 11 is 18.5. The molecule has 1 atom stereocenters. The molecule has 0 fully saturated rings. The molecule has 4 N–H and O–H groups in total. The summed E-state index contributed by atoms with van der Waals surface area (Å²) < 4.78 is 1.46. The first-order valence-electron chi connectivity index (χ1n) is 9.98. The number of benzene rings is 2. The molecule has 0 spiro atoms. The van der Waals surface area contributed by atoms with E-state index in [-0.39, 0.29) is 11.3 Å². The molecule has 174 valence electrons. The average Bonchev–Trinajstić information content (AvgIpc) is 3.10. The smallest absolute Gasteiger partial charge is 0.272 e. The van der Waals surface area contributed by atoms with E-state index < -0.39 is 29.9 Å². The van der Waals surface area contributed by atoms with Gasteiger partial charge in [0, 0.05) is 21.2 Å². The van der Waals surface area contributed by atoms with E-state index >= 15 is 0 Å². The molecule has 0 aliphatic heterocycles. The lowest BCUT2D eigenvalue weighted by Gasteiger charge is -2.28. The number of amides is 2. The third kappa shape index (κ3) is 5.33. The Bertz CT molecular complexity index is 1200. The standard InChI is InChI=1S/C23H23Cl3N4O3/c1-23(2,3)20(21(27)32)28-22(33)18-15(11-31)19(12-4-6-13(24)7-5-12)30(29-18)17-9-8-14(25)10-16(17)26/h4-10,20,31H,11H2,1-3H3,(H2,27,32)(H,28,33). The molecule has 0 aliphatic rings. The number of aliphatic hydroxyl groups is 1. The van der Waals surface area contributed by atoms with Crippen molar-refractivity contribution in [1.82, 2.24) is 15.1 Å². The quantitative estimate of drug-likeness (QED) is 0.450. The fraction of sp³-hybridized carbons (Fsp3) is 0.261. The molecule has 1 unspecified atom stereocenters. The molecule has 0 saturated carbocycles. The molecule has 0 bridgehead atoms. The average molecular weight is 510 g/mol. The molecule has 2 amide bonds. The van der Waals surface area contributed by atoms with E-state index in [4.69, 9.17) is 40.5 Å². The maximum absolute atomic E-state index is 13.2. The third-order valence-electron chi connectivity index (χ3n) is 5.04. The first-order valence-corrected chi connectivity index (χ1v) is 11.1. The lowest BCUT2D eigenvalue weighted by atomic mass is 9.86. The minimum Gasteiger partial charge on any atom is -0.392 e. The normalized spacial score (nSPS) is 12.5. The number of nitrogens with zero attached hydrogens (tertiary/aromatic N) is 2. The predicted molar refractivity (Wildman–Crippen MR) is 130 cm³/mol. The van der Waals surface area contributed by atoms with Crippen LogP contribution >= 0.6 is 34.8 Å². The van der Waals surface area contributed by atoms with Crippen LogP contribution in [0, 0.1) is 5.41 Å². The molecule has 2 aromatic carbocycles. The molecule has 3 rings (SSSR count). The summed E-state index contributed by atoms with van der Waals surface area (Å²) in [5, 5.41) is 18.6. The molecule has 7 nitrogen and oxygen atoms in total. The zero-order chi connectivity index (χ0) is 24.5. The predicted octanol–water partition coefficient (Wildman–Crippen LogP) is 4.62. The van der Waals surface area contributed by atoms with Crippen LogP contribution in [0.15, 0.2) is 42.5 Å². The van der Waals surface area contributed by atoms with Gasteiger partial charge in [-0.25, -0.2) is 4.68 Å². The van der Waals surface area contributed by atoms with E-state index in [1.807, 2.05) is 0 Å². The van der Waals surface area contributed by atoms with Gasteiger partial charge in [0.2, 0.25) is 5.91 Å². The summed E-state index contributed by atoms with van der Waals surface area (Å²) in [5.41, 5.74) is 6.59. The van der Waals surface area contributed by atoms with Crippen molar-refractivity contribution in [3.63, 3.8) is 0 Å². The summed E-state index contributed by atoms with van der Waals surface area (Å²) in [6.07, 6.45) is 0. The zero-order valence-electron chi connectivity index (χ0n) is 18.2. The molecule has 0 aliphatic carbocycles. The van der Waals surface area contributed by atoms with Crippen LogP contribution in [0.5, 0.6) is 0 Å². The Kier molecular flexibility index (Phi) is 7.39.